The number of amides is 2. The number of benzene rings is 2. The second-order valence-corrected chi connectivity index (χ2v) is 6.30. The highest BCUT2D eigenvalue weighted by Gasteiger charge is 2.21. The summed E-state index contributed by atoms with van der Waals surface area (Å²) in [5.74, 6) is 0.839. The first kappa shape index (κ1) is 17.7. The maximum Gasteiger partial charge on any atom is 0.262 e. The monoisotopic (exact) mass is 378 g/mol. The van der Waals surface area contributed by atoms with Crippen LogP contribution >= 0.6 is 0 Å². The van der Waals surface area contributed by atoms with E-state index in [-0.39, 0.29) is 18.4 Å². The number of nitrogens with one attached hydrogen (secondary N) is 1. The van der Waals surface area contributed by atoms with E-state index in [4.69, 9.17) is 9.15 Å². The van der Waals surface area contributed by atoms with E-state index in [9.17, 15) is 9.59 Å². The average molecular weight is 378 g/mol. The second-order valence-electron chi connectivity index (χ2n) is 6.30. The van der Waals surface area contributed by atoms with Gasteiger partial charge in [0.15, 0.2) is 6.61 Å². The summed E-state index contributed by atoms with van der Waals surface area (Å²) in [6, 6.07) is 14.2. The van der Waals surface area contributed by atoms with Gasteiger partial charge in [0.1, 0.15) is 5.75 Å². The van der Waals surface area contributed by atoms with Gasteiger partial charge < -0.3 is 19.4 Å². The zero-order valence-corrected chi connectivity index (χ0v) is 15.0. The molecule has 142 valence electrons. The van der Waals surface area contributed by atoms with Gasteiger partial charge in [0.05, 0.1) is 0 Å². The van der Waals surface area contributed by atoms with Gasteiger partial charge in [-0.25, -0.2) is 0 Å². The number of carbonyl (C=O) groups excluding carboxylic acids is 2. The van der Waals surface area contributed by atoms with Crippen molar-refractivity contribution in [3.8, 4) is 17.2 Å². The fourth-order valence-electron chi connectivity index (χ4n) is 2.98. The lowest BCUT2D eigenvalue weighted by Gasteiger charge is -2.16. The molecule has 3 aromatic rings. The lowest BCUT2D eigenvalue weighted by Crippen LogP contribution is -2.23. The highest BCUT2D eigenvalue weighted by Crippen LogP contribution is 2.23. The van der Waals surface area contributed by atoms with Crippen LogP contribution in [0.25, 0.3) is 11.5 Å². The van der Waals surface area contributed by atoms with Gasteiger partial charge in [-0.15, -0.1) is 10.2 Å². The van der Waals surface area contributed by atoms with Gasteiger partial charge in [0, 0.05) is 29.9 Å². The molecular weight excluding hydrogens is 360 g/mol. The third kappa shape index (κ3) is 4.01. The van der Waals surface area contributed by atoms with Crippen molar-refractivity contribution in [1.29, 1.82) is 0 Å². The molecule has 0 radical (unpaired) electrons. The Morgan fingerprint density at radius 1 is 1.14 bits per heavy atom. The summed E-state index contributed by atoms with van der Waals surface area (Å²) in [5, 5.41) is 10.2. The molecule has 2 amide bonds. The normalized spacial score (nSPS) is 13.6. The molecule has 4 rings (SSSR count). The predicted octanol–water partition coefficient (Wildman–Crippen LogP) is 2.88. The standard InChI is InChI=1S/C20H18N4O4/c25-18(12-27-17-9-3-14(4-10-17)20-23-21-13-28-20)22-15-5-7-16(8-6-15)24-11-1-2-19(24)26/h3-10,13H,1-2,11-12H2,(H,22,25). The van der Waals surface area contributed by atoms with Gasteiger partial charge in [-0.05, 0) is 55.0 Å². The maximum absolute atomic E-state index is 12.1. The van der Waals surface area contributed by atoms with Crippen molar-refractivity contribution in [2.24, 2.45) is 0 Å². The van der Waals surface area contributed by atoms with Crippen molar-refractivity contribution in [1.82, 2.24) is 10.2 Å². The molecule has 1 aromatic heterocycles. The molecule has 2 heterocycles. The third-order valence-corrected chi connectivity index (χ3v) is 4.37. The van der Waals surface area contributed by atoms with E-state index in [0.29, 0.717) is 23.7 Å². The average Bonchev–Trinajstić information content (AvgIpc) is 3.39. The fourth-order valence-corrected chi connectivity index (χ4v) is 2.98. The summed E-state index contributed by atoms with van der Waals surface area (Å²) < 4.78 is 10.6. The first-order valence-corrected chi connectivity index (χ1v) is 8.89. The largest absolute Gasteiger partial charge is 0.484 e. The first-order chi connectivity index (χ1) is 13.7. The Kier molecular flexibility index (Phi) is 5.01. The van der Waals surface area contributed by atoms with Crippen LogP contribution in [0.5, 0.6) is 5.75 Å². The Morgan fingerprint density at radius 3 is 2.57 bits per heavy atom. The van der Waals surface area contributed by atoms with Gasteiger partial charge in [0.2, 0.25) is 18.2 Å². The second kappa shape index (κ2) is 7.91. The molecule has 1 N–H and O–H groups in total. The molecule has 1 fully saturated rings. The van der Waals surface area contributed by atoms with E-state index < -0.39 is 0 Å². The van der Waals surface area contributed by atoms with Crippen LogP contribution in [0.2, 0.25) is 0 Å². The van der Waals surface area contributed by atoms with Crippen LogP contribution in [0.1, 0.15) is 12.8 Å². The highest BCUT2D eigenvalue weighted by atomic mass is 16.5. The Bertz CT molecular complexity index is 953. The zero-order valence-electron chi connectivity index (χ0n) is 15.0. The molecule has 2 aromatic carbocycles. The van der Waals surface area contributed by atoms with Crippen LogP contribution in [0.15, 0.2) is 59.3 Å². The van der Waals surface area contributed by atoms with Crippen molar-refractivity contribution < 1.29 is 18.7 Å². The van der Waals surface area contributed by atoms with Gasteiger partial charge in [-0.1, -0.05) is 0 Å². The minimum absolute atomic E-state index is 0.119. The Morgan fingerprint density at radius 2 is 1.93 bits per heavy atom. The number of anilines is 2. The molecular formula is C20H18N4O4. The fraction of sp³-hybridized carbons (Fsp3) is 0.200. The number of rotatable bonds is 6. The van der Waals surface area contributed by atoms with Crippen molar-refractivity contribution in [3.63, 3.8) is 0 Å². The SMILES string of the molecule is O=C(COc1ccc(-c2nnco2)cc1)Nc1ccc(N2CCCC2=O)cc1. The number of nitrogens with zero attached hydrogens (tertiary/aromatic N) is 3. The highest BCUT2D eigenvalue weighted by molar-refractivity contribution is 5.96. The van der Waals surface area contributed by atoms with E-state index >= 15 is 0 Å². The summed E-state index contributed by atoms with van der Waals surface area (Å²) in [5.41, 5.74) is 2.26. The van der Waals surface area contributed by atoms with Crippen molar-refractivity contribution in [3.05, 3.63) is 54.9 Å². The molecule has 28 heavy (non-hydrogen) atoms. The lowest BCUT2D eigenvalue weighted by molar-refractivity contribution is -0.118. The summed E-state index contributed by atoms with van der Waals surface area (Å²) >= 11 is 0. The zero-order chi connectivity index (χ0) is 19.3. The van der Waals surface area contributed by atoms with Crippen LogP contribution in [0.3, 0.4) is 0 Å². The van der Waals surface area contributed by atoms with Gasteiger partial charge >= 0.3 is 0 Å². The third-order valence-electron chi connectivity index (χ3n) is 4.37. The minimum Gasteiger partial charge on any atom is -0.484 e. The van der Waals surface area contributed by atoms with Crippen molar-refractivity contribution >= 4 is 23.2 Å². The first-order valence-electron chi connectivity index (χ1n) is 8.89. The predicted molar refractivity (Wildman–Crippen MR) is 102 cm³/mol. The summed E-state index contributed by atoms with van der Waals surface area (Å²) in [4.78, 5) is 25.6. The molecule has 1 saturated heterocycles. The number of carbonyl (C=O) groups is 2. The quantitative estimate of drug-likeness (QED) is 0.708. The molecule has 0 bridgehead atoms. The van der Waals surface area contributed by atoms with Gasteiger partial charge in [0.25, 0.3) is 5.91 Å². The van der Waals surface area contributed by atoms with E-state index in [2.05, 4.69) is 15.5 Å². The molecule has 0 saturated carbocycles. The molecule has 0 unspecified atom stereocenters. The molecule has 0 spiro atoms. The summed E-state index contributed by atoms with van der Waals surface area (Å²) in [6.45, 7) is 0.621. The Labute approximate surface area is 161 Å². The lowest BCUT2D eigenvalue weighted by atomic mass is 10.2. The van der Waals surface area contributed by atoms with Gasteiger partial charge in [-0.2, -0.15) is 0 Å². The van der Waals surface area contributed by atoms with Crippen LogP contribution in [0.4, 0.5) is 11.4 Å². The number of ether oxygens (including phenoxy) is 1. The number of hydrogen-bond acceptors (Lipinski definition) is 6. The molecule has 1 aliphatic rings. The Hall–Kier alpha value is -3.68. The smallest absolute Gasteiger partial charge is 0.262 e. The molecule has 8 heteroatoms. The van der Waals surface area contributed by atoms with Crippen LogP contribution in [0, 0.1) is 0 Å². The van der Waals surface area contributed by atoms with E-state index in [1.165, 1.54) is 6.39 Å². The van der Waals surface area contributed by atoms with E-state index in [1.807, 2.05) is 12.1 Å². The summed E-state index contributed by atoms with van der Waals surface area (Å²) in [6.07, 6.45) is 2.73. The molecule has 0 aliphatic carbocycles. The maximum atomic E-state index is 12.1. The van der Waals surface area contributed by atoms with Gasteiger partial charge in [-0.3, -0.25) is 9.59 Å². The number of aromatic nitrogens is 2. The number of hydrogen-bond donors (Lipinski definition) is 1. The summed E-state index contributed by atoms with van der Waals surface area (Å²) in [7, 11) is 0. The van der Waals surface area contributed by atoms with E-state index in [0.717, 1.165) is 24.2 Å². The van der Waals surface area contributed by atoms with Crippen molar-refractivity contribution in [2.75, 3.05) is 23.4 Å². The van der Waals surface area contributed by atoms with Crippen molar-refractivity contribution in [2.45, 2.75) is 12.8 Å². The molecule has 8 nitrogen and oxygen atoms in total. The molecule has 1 aliphatic heterocycles. The molecule has 0 atom stereocenters. The van der Waals surface area contributed by atoms with Crippen LogP contribution in [-0.2, 0) is 9.59 Å². The van der Waals surface area contributed by atoms with Crippen LogP contribution < -0.4 is 15.0 Å². The topological polar surface area (TPSA) is 97.6 Å². The Balaban J connectivity index is 1.29. The minimum atomic E-state index is -0.272. The van der Waals surface area contributed by atoms with Crippen LogP contribution in [-0.4, -0.2) is 35.2 Å². The van der Waals surface area contributed by atoms with E-state index in [1.54, 1.807) is 41.3 Å².